The molecule has 0 aromatic heterocycles. The smallest absolute Gasteiger partial charge is 0.277 e. The maximum atomic E-state index is 12.0. The van der Waals surface area contributed by atoms with Gasteiger partial charge in [-0.1, -0.05) is 0 Å². The van der Waals surface area contributed by atoms with Crippen LogP contribution in [-0.2, 0) is 19.2 Å². The standard InChI is InChI=1S/C16H15N3O5/c20-8-7-18-15(23)9-12(16(18)24)17-10-1-3-11(4-2-10)19-13(21)5-6-14(19)22/h1-4,9,17,20H,5-8H2. The molecule has 0 atom stereocenters. The number of anilines is 2. The predicted octanol–water partition coefficient (Wildman–Crippen LogP) is -0.00310. The molecule has 2 aliphatic heterocycles. The number of carbonyl (C=O) groups excluding carboxylic acids is 4. The molecule has 1 aromatic carbocycles. The van der Waals surface area contributed by atoms with E-state index in [0.717, 1.165) is 9.80 Å². The maximum Gasteiger partial charge on any atom is 0.277 e. The van der Waals surface area contributed by atoms with Gasteiger partial charge < -0.3 is 10.4 Å². The van der Waals surface area contributed by atoms with Crippen molar-refractivity contribution in [1.82, 2.24) is 4.90 Å². The molecular formula is C16H15N3O5. The lowest BCUT2D eigenvalue weighted by Crippen LogP contribution is -2.34. The first-order valence-corrected chi connectivity index (χ1v) is 7.42. The van der Waals surface area contributed by atoms with Gasteiger partial charge in [-0.3, -0.25) is 29.0 Å². The Kier molecular flexibility index (Phi) is 4.13. The van der Waals surface area contributed by atoms with Crippen molar-refractivity contribution in [2.75, 3.05) is 23.4 Å². The van der Waals surface area contributed by atoms with Crippen molar-refractivity contribution >= 4 is 35.0 Å². The summed E-state index contributed by atoms with van der Waals surface area (Å²) in [6.45, 7) is -0.358. The van der Waals surface area contributed by atoms with Crippen molar-refractivity contribution in [3.05, 3.63) is 36.0 Å². The highest BCUT2D eigenvalue weighted by molar-refractivity contribution is 6.20. The summed E-state index contributed by atoms with van der Waals surface area (Å²) < 4.78 is 0. The molecule has 2 heterocycles. The first kappa shape index (κ1) is 15.9. The quantitative estimate of drug-likeness (QED) is 0.736. The van der Waals surface area contributed by atoms with Crippen LogP contribution in [0.3, 0.4) is 0 Å². The van der Waals surface area contributed by atoms with Crippen LogP contribution in [-0.4, -0.2) is 46.8 Å². The molecule has 8 heteroatoms. The number of imide groups is 2. The molecule has 0 radical (unpaired) electrons. The Hall–Kier alpha value is -3.00. The van der Waals surface area contributed by atoms with Gasteiger partial charge in [-0.2, -0.15) is 0 Å². The van der Waals surface area contributed by atoms with Crippen molar-refractivity contribution in [2.45, 2.75) is 12.8 Å². The van der Waals surface area contributed by atoms with Gasteiger partial charge in [0.05, 0.1) is 18.8 Å². The highest BCUT2D eigenvalue weighted by Crippen LogP contribution is 2.25. The minimum absolute atomic E-state index is 0.0581. The number of hydrogen-bond donors (Lipinski definition) is 2. The van der Waals surface area contributed by atoms with Crippen LogP contribution in [0, 0.1) is 0 Å². The van der Waals surface area contributed by atoms with Crippen LogP contribution in [0.4, 0.5) is 11.4 Å². The normalized spacial score (nSPS) is 17.8. The summed E-state index contributed by atoms with van der Waals surface area (Å²) in [7, 11) is 0. The second kappa shape index (κ2) is 6.25. The number of amides is 4. The number of benzene rings is 1. The molecule has 8 nitrogen and oxygen atoms in total. The van der Waals surface area contributed by atoms with Crippen LogP contribution in [0.1, 0.15) is 12.8 Å². The number of β-amino-alcohol motifs (C(OH)–C–C–N with tert-alkyl or cyclic N) is 1. The Morgan fingerprint density at radius 3 is 2.21 bits per heavy atom. The third-order valence-corrected chi connectivity index (χ3v) is 3.79. The summed E-state index contributed by atoms with van der Waals surface area (Å²) in [5, 5.41) is 11.7. The van der Waals surface area contributed by atoms with E-state index in [4.69, 9.17) is 5.11 Å². The van der Waals surface area contributed by atoms with E-state index in [0.29, 0.717) is 11.4 Å². The van der Waals surface area contributed by atoms with Gasteiger partial charge in [0.2, 0.25) is 11.8 Å². The molecule has 1 fully saturated rings. The van der Waals surface area contributed by atoms with Crippen molar-refractivity contribution in [2.24, 2.45) is 0 Å². The summed E-state index contributed by atoms with van der Waals surface area (Å²) in [5.41, 5.74) is 1.11. The molecule has 0 saturated carbocycles. The third kappa shape index (κ3) is 2.79. The Morgan fingerprint density at radius 1 is 1.00 bits per heavy atom. The zero-order valence-electron chi connectivity index (χ0n) is 12.7. The number of nitrogens with zero attached hydrogens (tertiary/aromatic N) is 2. The van der Waals surface area contributed by atoms with Gasteiger partial charge in [0, 0.05) is 24.6 Å². The Labute approximate surface area is 137 Å². The number of rotatable bonds is 5. The minimum Gasteiger partial charge on any atom is -0.395 e. The lowest BCUT2D eigenvalue weighted by atomic mass is 10.2. The average Bonchev–Trinajstić information content (AvgIpc) is 3.03. The van der Waals surface area contributed by atoms with Gasteiger partial charge >= 0.3 is 0 Å². The van der Waals surface area contributed by atoms with E-state index in [2.05, 4.69) is 5.32 Å². The average molecular weight is 329 g/mol. The molecule has 124 valence electrons. The lowest BCUT2D eigenvalue weighted by molar-refractivity contribution is -0.137. The number of hydrogen-bond acceptors (Lipinski definition) is 6. The molecule has 4 amide bonds. The van der Waals surface area contributed by atoms with Gasteiger partial charge in [0.25, 0.3) is 11.8 Å². The minimum atomic E-state index is -0.511. The second-order valence-electron chi connectivity index (χ2n) is 5.37. The van der Waals surface area contributed by atoms with Crippen LogP contribution >= 0.6 is 0 Å². The number of aliphatic hydroxyl groups excluding tert-OH is 1. The zero-order chi connectivity index (χ0) is 17.3. The fraction of sp³-hybridized carbons (Fsp3) is 0.250. The molecule has 3 rings (SSSR count). The first-order chi connectivity index (χ1) is 11.5. The molecule has 0 spiro atoms. The zero-order valence-corrected chi connectivity index (χ0v) is 12.7. The summed E-state index contributed by atoms with van der Waals surface area (Å²) in [6, 6.07) is 6.41. The second-order valence-corrected chi connectivity index (χ2v) is 5.37. The summed E-state index contributed by atoms with van der Waals surface area (Å²) in [5.74, 6) is -1.47. The molecule has 0 bridgehead atoms. The van der Waals surface area contributed by atoms with Crippen LogP contribution in [0.5, 0.6) is 0 Å². The van der Waals surface area contributed by atoms with E-state index in [9.17, 15) is 19.2 Å². The highest BCUT2D eigenvalue weighted by Gasteiger charge is 2.31. The molecule has 0 aliphatic carbocycles. The van der Waals surface area contributed by atoms with E-state index >= 15 is 0 Å². The van der Waals surface area contributed by atoms with Crippen LogP contribution in [0.2, 0.25) is 0 Å². The Balaban J connectivity index is 1.72. The fourth-order valence-corrected chi connectivity index (χ4v) is 2.62. The summed E-state index contributed by atoms with van der Waals surface area (Å²) in [4.78, 5) is 49.2. The van der Waals surface area contributed by atoms with Gasteiger partial charge in [-0.15, -0.1) is 0 Å². The third-order valence-electron chi connectivity index (χ3n) is 3.79. The topological polar surface area (TPSA) is 107 Å². The monoisotopic (exact) mass is 329 g/mol. The number of nitrogens with one attached hydrogen (secondary N) is 1. The van der Waals surface area contributed by atoms with E-state index in [-0.39, 0.29) is 43.5 Å². The molecule has 1 aromatic rings. The van der Waals surface area contributed by atoms with Crippen molar-refractivity contribution in [3.63, 3.8) is 0 Å². The van der Waals surface area contributed by atoms with Crippen LogP contribution in [0.25, 0.3) is 0 Å². The highest BCUT2D eigenvalue weighted by atomic mass is 16.3. The van der Waals surface area contributed by atoms with E-state index < -0.39 is 11.8 Å². The van der Waals surface area contributed by atoms with E-state index in [1.54, 1.807) is 24.3 Å². The maximum absolute atomic E-state index is 12.0. The van der Waals surface area contributed by atoms with Crippen molar-refractivity contribution in [3.8, 4) is 0 Å². The lowest BCUT2D eigenvalue weighted by Gasteiger charge is -2.15. The molecule has 2 aliphatic rings. The van der Waals surface area contributed by atoms with E-state index in [1.165, 1.54) is 6.08 Å². The Morgan fingerprint density at radius 2 is 1.62 bits per heavy atom. The molecule has 24 heavy (non-hydrogen) atoms. The van der Waals surface area contributed by atoms with Crippen LogP contribution in [0.15, 0.2) is 36.0 Å². The van der Waals surface area contributed by atoms with Crippen molar-refractivity contribution < 1.29 is 24.3 Å². The largest absolute Gasteiger partial charge is 0.395 e. The Bertz CT molecular complexity index is 737. The molecule has 2 N–H and O–H groups in total. The van der Waals surface area contributed by atoms with Gasteiger partial charge in [-0.25, -0.2) is 0 Å². The molecular weight excluding hydrogens is 314 g/mol. The summed E-state index contributed by atoms with van der Waals surface area (Å²) >= 11 is 0. The van der Waals surface area contributed by atoms with Gasteiger partial charge in [0.1, 0.15) is 5.70 Å². The number of carbonyl (C=O) groups is 4. The van der Waals surface area contributed by atoms with Crippen LogP contribution < -0.4 is 10.2 Å². The molecule has 0 unspecified atom stereocenters. The first-order valence-electron chi connectivity index (χ1n) is 7.42. The predicted molar refractivity (Wildman–Crippen MR) is 83.7 cm³/mol. The van der Waals surface area contributed by atoms with E-state index in [1.807, 2.05) is 0 Å². The fourth-order valence-electron chi connectivity index (χ4n) is 2.62. The van der Waals surface area contributed by atoms with Crippen molar-refractivity contribution in [1.29, 1.82) is 0 Å². The summed E-state index contributed by atoms with van der Waals surface area (Å²) in [6.07, 6.45) is 1.59. The number of aliphatic hydroxyl groups is 1. The van der Waals surface area contributed by atoms with Gasteiger partial charge in [0.15, 0.2) is 0 Å². The molecule has 1 saturated heterocycles. The van der Waals surface area contributed by atoms with Gasteiger partial charge in [-0.05, 0) is 24.3 Å². The SMILES string of the molecule is O=C1C=C(Nc2ccc(N3C(=O)CCC3=O)cc2)C(=O)N1CCO.